The molecule has 0 aliphatic rings. The van der Waals surface area contributed by atoms with Crippen molar-refractivity contribution >= 4 is 29.2 Å². The summed E-state index contributed by atoms with van der Waals surface area (Å²) in [6, 6.07) is 0. The van der Waals surface area contributed by atoms with Gasteiger partial charge in [0.15, 0.2) is 0 Å². The highest BCUT2D eigenvalue weighted by molar-refractivity contribution is 6.57. The molecular formula is C6H9Cl2FO2. The molecule has 0 heterocycles. The summed E-state index contributed by atoms with van der Waals surface area (Å²) in [5, 5.41) is 8.33. The Morgan fingerprint density at radius 1 is 1.73 bits per heavy atom. The molecule has 0 bridgehead atoms. The second-order valence-corrected chi connectivity index (χ2v) is 3.57. The fraction of sp³-hybridized carbons (Fsp3) is 0.833. The Morgan fingerprint density at radius 3 is 2.45 bits per heavy atom. The molecule has 0 aromatic rings. The Bertz CT molecular complexity index is 150. The van der Waals surface area contributed by atoms with Crippen molar-refractivity contribution < 1.29 is 14.3 Å². The third-order valence-electron chi connectivity index (χ3n) is 1.22. The van der Waals surface area contributed by atoms with E-state index < -0.39 is 16.5 Å². The van der Waals surface area contributed by atoms with Gasteiger partial charge in [-0.3, -0.25) is 0 Å². The van der Waals surface area contributed by atoms with Crippen molar-refractivity contribution in [3.8, 4) is 0 Å². The molecule has 0 fully saturated rings. The maximum absolute atomic E-state index is 12.8. The molecule has 2 nitrogen and oxygen atoms in total. The summed E-state index contributed by atoms with van der Waals surface area (Å²) >= 11 is 10.4. The summed E-state index contributed by atoms with van der Waals surface area (Å²) in [5.74, 6) is -1.54. The molecular weight excluding hydrogens is 194 g/mol. The third-order valence-corrected chi connectivity index (χ3v) is 2.02. The van der Waals surface area contributed by atoms with Crippen molar-refractivity contribution in [2.45, 2.75) is 30.3 Å². The molecule has 0 aromatic carbocycles. The monoisotopic (exact) mass is 202 g/mol. The number of alkyl halides is 3. The molecule has 0 aliphatic heterocycles. The van der Waals surface area contributed by atoms with Gasteiger partial charge in [-0.2, -0.15) is 0 Å². The lowest BCUT2D eigenvalue weighted by Gasteiger charge is -2.17. The fourth-order valence-corrected chi connectivity index (χ4v) is 0.787. The number of aliphatic carboxylic acids is 1. The SMILES string of the molecule is CCCC(F)C(Cl)(Cl)C(=O)O. The van der Waals surface area contributed by atoms with Crippen LogP contribution in [0.25, 0.3) is 0 Å². The van der Waals surface area contributed by atoms with Crippen LogP contribution in [0, 0.1) is 0 Å². The Kier molecular flexibility index (Phi) is 4.11. The number of carboxylic acids is 1. The zero-order chi connectivity index (χ0) is 9.07. The van der Waals surface area contributed by atoms with Crippen LogP contribution in [-0.2, 0) is 4.79 Å². The predicted molar refractivity (Wildman–Crippen MR) is 41.9 cm³/mol. The van der Waals surface area contributed by atoms with Crippen molar-refractivity contribution in [2.75, 3.05) is 0 Å². The van der Waals surface area contributed by atoms with E-state index in [0.717, 1.165) is 0 Å². The largest absolute Gasteiger partial charge is 0.479 e. The molecule has 1 atom stereocenters. The third kappa shape index (κ3) is 2.83. The van der Waals surface area contributed by atoms with Gasteiger partial charge in [-0.05, 0) is 6.42 Å². The van der Waals surface area contributed by atoms with Gasteiger partial charge in [0.05, 0.1) is 0 Å². The Morgan fingerprint density at radius 2 is 2.18 bits per heavy atom. The first-order valence-electron chi connectivity index (χ1n) is 3.18. The highest BCUT2D eigenvalue weighted by Crippen LogP contribution is 2.30. The van der Waals surface area contributed by atoms with Gasteiger partial charge in [-0.25, -0.2) is 9.18 Å². The lowest BCUT2D eigenvalue weighted by molar-refractivity contribution is -0.139. The minimum atomic E-state index is -2.30. The van der Waals surface area contributed by atoms with E-state index in [1.54, 1.807) is 6.92 Å². The van der Waals surface area contributed by atoms with Crippen molar-refractivity contribution in [2.24, 2.45) is 0 Å². The number of halogens is 3. The molecule has 1 unspecified atom stereocenters. The van der Waals surface area contributed by atoms with E-state index in [1.165, 1.54) is 0 Å². The van der Waals surface area contributed by atoms with Gasteiger partial charge in [-0.15, -0.1) is 0 Å². The van der Waals surface area contributed by atoms with Gasteiger partial charge in [0.25, 0.3) is 0 Å². The maximum Gasteiger partial charge on any atom is 0.343 e. The van der Waals surface area contributed by atoms with Crippen LogP contribution in [0.3, 0.4) is 0 Å². The van der Waals surface area contributed by atoms with E-state index in [0.29, 0.717) is 6.42 Å². The summed E-state index contributed by atoms with van der Waals surface area (Å²) in [5.41, 5.74) is 0. The summed E-state index contributed by atoms with van der Waals surface area (Å²) < 4.78 is 10.5. The molecule has 0 saturated heterocycles. The van der Waals surface area contributed by atoms with Crippen LogP contribution in [0.2, 0.25) is 0 Å². The minimum Gasteiger partial charge on any atom is -0.479 e. The quantitative estimate of drug-likeness (QED) is 0.712. The van der Waals surface area contributed by atoms with Gasteiger partial charge in [0, 0.05) is 0 Å². The van der Waals surface area contributed by atoms with Crippen LogP contribution < -0.4 is 0 Å². The fourth-order valence-electron chi connectivity index (χ4n) is 0.569. The van der Waals surface area contributed by atoms with E-state index in [1.807, 2.05) is 0 Å². The molecule has 1 N–H and O–H groups in total. The standard InChI is InChI=1S/C6H9Cl2FO2/c1-2-3-4(9)6(7,8)5(10)11/h4H,2-3H2,1H3,(H,10,11). The average molecular weight is 203 g/mol. The molecule has 0 spiro atoms. The molecule has 0 aliphatic carbocycles. The summed E-state index contributed by atoms with van der Waals surface area (Å²) in [6.45, 7) is 1.72. The van der Waals surface area contributed by atoms with E-state index in [-0.39, 0.29) is 6.42 Å². The highest BCUT2D eigenvalue weighted by Gasteiger charge is 2.42. The number of hydrogen-bond acceptors (Lipinski definition) is 1. The molecule has 0 saturated carbocycles. The van der Waals surface area contributed by atoms with Crippen LogP contribution in [0.5, 0.6) is 0 Å². The van der Waals surface area contributed by atoms with Gasteiger partial charge < -0.3 is 5.11 Å². The van der Waals surface area contributed by atoms with E-state index in [9.17, 15) is 9.18 Å². The topological polar surface area (TPSA) is 37.3 Å². The van der Waals surface area contributed by atoms with Crippen LogP contribution in [0.1, 0.15) is 19.8 Å². The first kappa shape index (κ1) is 11.0. The average Bonchev–Trinajstić information content (AvgIpc) is 1.88. The van der Waals surface area contributed by atoms with E-state index in [2.05, 4.69) is 0 Å². The molecule has 11 heavy (non-hydrogen) atoms. The van der Waals surface area contributed by atoms with Gasteiger partial charge >= 0.3 is 5.97 Å². The number of carboxylic acid groups (broad SMARTS) is 1. The van der Waals surface area contributed by atoms with Gasteiger partial charge in [0.1, 0.15) is 6.17 Å². The predicted octanol–water partition coefficient (Wildman–Crippen LogP) is 2.38. The van der Waals surface area contributed by atoms with Gasteiger partial charge in [0.2, 0.25) is 4.33 Å². The zero-order valence-corrected chi connectivity index (χ0v) is 7.49. The smallest absolute Gasteiger partial charge is 0.343 e. The minimum absolute atomic E-state index is 0.0549. The second-order valence-electron chi connectivity index (χ2n) is 2.18. The molecule has 66 valence electrons. The van der Waals surface area contributed by atoms with Crippen LogP contribution >= 0.6 is 23.2 Å². The highest BCUT2D eigenvalue weighted by atomic mass is 35.5. The molecule has 0 rings (SSSR count). The van der Waals surface area contributed by atoms with E-state index >= 15 is 0 Å². The Labute approximate surface area is 74.3 Å². The molecule has 0 aromatic heterocycles. The van der Waals surface area contributed by atoms with Crippen LogP contribution in [0.4, 0.5) is 4.39 Å². The number of hydrogen-bond donors (Lipinski definition) is 1. The Balaban J connectivity index is 4.17. The van der Waals surface area contributed by atoms with Crippen LogP contribution in [0.15, 0.2) is 0 Å². The van der Waals surface area contributed by atoms with Crippen LogP contribution in [-0.4, -0.2) is 21.6 Å². The lowest BCUT2D eigenvalue weighted by Crippen LogP contribution is -2.36. The first-order chi connectivity index (χ1) is 4.92. The van der Waals surface area contributed by atoms with Crippen molar-refractivity contribution in [3.05, 3.63) is 0 Å². The Hall–Kier alpha value is -0.0200. The number of rotatable bonds is 4. The van der Waals surface area contributed by atoms with E-state index in [4.69, 9.17) is 28.3 Å². The summed E-state index contributed by atoms with van der Waals surface area (Å²) in [6.07, 6.45) is -1.15. The van der Waals surface area contributed by atoms with Crippen molar-refractivity contribution in [3.63, 3.8) is 0 Å². The molecule has 0 amide bonds. The van der Waals surface area contributed by atoms with Crippen molar-refractivity contribution in [1.82, 2.24) is 0 Å². The summed E-state index contributed by atoms with van der Waals surface area (Å²) in [4.78, 5) is 10.2. The first-order valence-corrected chi connectivity index (χ1v) is 3.93. The second kappa shape index (κ2) is 4.12. The van der Waals surface area contributed by atoms with Crippen molar-refractivity contribution in [1.29, 1.82) is 0 Å². The molecule has 5 heteroatoms. The maximum atomic E-state index is 12.8. The molecule has 0 radical (unpaired) electrons. The lowest BCUT2D eigenvalue weighted by atomic mass is 10.1. The normalized spacial score (nSPS) is 14.5. The summed E-state index contributed by atoms with van der Waals surface area (Å²) in [7, 11) is 0. The number of carbonyl (C=O) groups is 1. The van der Waals surface area contributed by atoms with Gasteiger partial charge in [-0.1, -0.05) is 36.5 Å². The zero-order valence-electron chi connectivity index (χ0n) is 5.98.